The molecule has 3 aromatic rings. The molecular formula is C23H16F2N2O4. The summed E-state index contributed by atoms with van der Waals surface area (Å²) in [6.45, 7) is 0. The maximum Gasteiger partial charge on any atom is 0.301 e. The Bertz CT molecular complexity index is 1190. The molecule has 4 rings (SSSR count). The van der Waals surface area contributed by atoms with Crippen molar-refractivity contribution in [2.45, 2.75) is 6.04 Å². The van der Waals surface area contributed by atoms with Gasteiger partial charge in [0, 0.05) is 6.20 Å². The first-order valence-electron chi connectivity index (χ1n) is 9.23. The molecule has 1 atom stereocenters. The molecule has 2 aromatic carbocycles. The lowest BCUT2D eigenvalue weighted by Gasteiger charge is -2.24. The number of ether oxygens (including phenoxy) is 1. The van der Waals surface area contributed by atoms with Gasteiger partial charge in [-0.05, 0) is 48.0 Å². The smallest absolute Gasteiger partial charge is 0.301 e. The highest BCUT2D eigenvalue weighted by molar-refractivity contribution is 6.51. The quantitative estimate of drug-likeness (QED) is 0.391. The molecule has 8 heteroatoms. The molecule has 1 aliphatic rings. The van der Waals surface area contributed by atoms with Gasteiger partial charge in [0.1, 0.15) is 29.0 Å². The second kappa shape index (κ2) is 7.98. The van der Waals surface area contributed by atoms with Crippen molar-refractivity contribution in [1.29, 1.82) is 0 Å². The summed E-state index contributed by atoms with van der Waals surface area (Å²) >= 11 is 0. The molecule has 0 radical (unpaired) electrons. The molecule has 1 aromatic heterocycles. The maximum absolute atomic E-state index is 13.9. The Balaban J connectivity index is 1.98. The number of methoxy groups -OCH3 is 1. The van der Waals surface area contributed by atoms with Gasteiger partial charge in [0.2, 0.25) is 0 Å². The first-order chi connectivity index (χ1) is 14.9. The fraction of sp³-hybridized carbons (Fsp3) is 0.0870. The van der Waals surface area contributed by atoms with Gasteiger partial charge in [-0.1, -0.05) is 18.2 Å². The number of halogens is 2. The van der Waals surface area contributed by atoms with Crippen LogP contribution >= 0.6 is 0 Å². The van der Waals surface area contributed by atoms with Crippen LogP contribution in [0, 0.1) is 11.6 Å². The average molecular weight is 422 g/mol. The number of Topliss-reactive ketones (excluding diaryl/α,β-unsaturated/α-hetero) is 1. The molecule has 2 heterocycles. The Kier molecular flexibility index (Phi) is 5.21. The minimum atomic E-state index is -1.11. The summed E-state index contributed by atoms with van der Waals surface area (Å²) in [5.41, 5.74) is -0.0111. The van der Waals surface area contributed by atoms with Gasteiger partial charge < -0.3 is 9.84 Å². The van der Waals surface area contributed by atoms with E-state index in [1.165, 1.54) is 49.7 Å². The van der Waals surface area contributed by atoms with E-state index in [9.17, 15) is 23.5 Å². The maximum atomic E-state index is 13.9. The number of aliphatic hydroxyl groups excluding tert-OH is 1. The Morgan fingerprint density at radius 2 is 1.74 bits per heavy atom. The zero-order valence-electron chi connectivity index (χ0n) is 16.3. The van der Waals surface area contributed by atoms with Gasteiger partial charge in [0.25, 0.3) is 5.78 Å². The zero-order valence-corrected chi connectivity index (χ0v) is 16.3. The van der Waals surface area contributed by atoms with E-state index >= 15 is 0 Å². The van der Waals surface area contributed by atoms with Gasteiger partial charge in [-0.15, -0.1) is 0 Å². The molecule has 1 N–H and O–H groups in total. The van der Waals surface area contributed by atoms with E-state index in [1.807, 2.05) is 0 Å². The first kappa shape index (κ1) is 20.2. The number of benzene rings is 2. The van der Waals surface area contributed by atoms with E-state index in [4.69, 9.17) is 4.74 Å². The number of anilines is 1. The summed E-state index contributed by atoms with van der Waals surface area (Å²) in [6.07, 6.45) is 1.45. The Labute approximate surface area is 176 Å². The number of hydrogen-bond donors (Lipinski definition) is 1. The van der Waals surface area contributed by atoms with Crippen molar-refractivity contribution in [3.8, 4) is 5.75 Å². The SMILES string of the molecule is COc1ccc(F)cc1/C(O)=C1\C(=O)C(=O)N(c2ccccn2)[C@@H]1c1ccc(F)cc1. The van der Waals surface area contributed by atoms with Crippen molar-refractivity contribution >= 4 is 23.3 Å². The highest BCUT2D eigenvalue weighted by Crippen LogP contribution is 2.42. The van der Waals surface area contributed by atoms with Crippen LogP contribution in [0.5, 0.6) is 5.75 Å². The highest BCUT2D eigenvalue weighted by atomic mass is 19.1. The number of carbonyl (C=O) groups excluding carboxylic acids is 2. The van der Waals surface area contributed by atoms with E-state index in [0.717, 1.165) is 17.0 Å². The lowest BCUT2D eigenvalue weighted by molar-refractivity contribution is -0.132. The third-order valence-electron chi connectivity index (χ3n) is 4.94. The molecule has 1 aliphatic heterocycles. The summed E-state index contributed by atoms with van der Waals surface area (Å²) in [7, 11) is 1.33. The van der Waals surface area contributed by atoms with Crippen molar-refractivity contribution in [3.05, 3.63) is 95.2 Å². The van der Waals surface area contributed by atoms with E-state index in [2.05, 4.69) is 4.98 Å². The van der Waals surface area contributed by atoms with Crippen molar-refractivity contribution < 1.29 is 28.2 Å². The number of aliphatic hydroxyl groups is 1. The number of aromatic nitrogens is 1. The molecule has 0 spiro atoms. The summed E-state index contributed by atoms with van der Waals surface area (Å²) < 4.78 is 32.6. The van der Waals surface area contributed by atoms with Crippen molar-refractivity contribution in [2.24, 2.45) is 0 Å². The molecule has 0 aliphatic carbocycles. The van der Waals surface area contributed by atoms with Crippen LogP contribution in [0.3, 0.4) is 0 Å². The standard InChI is InChI=1S/C23H16F2N2O4/c1-31-17-10-9-15(25)12-16(17)21(28)19-20(13-5-7-14(24)8-6-13)27(23(30)22(19)29)18-4-2-3-11-26-18/h2-12,20,28H,1H3/b21-19+/t20-/m1/s1. The van der Waals surface area contributed by atoms with Crippen LogP contribution in [0.2, 0.25) is 0 Å². The van der Waals surface area contributed by atoms with Crippen LogP contribution in [0.1, 0.15) is 17.2 Å². The van der Waals surface area contributed by atoms with Gasteiger partial charge in [-0.2, -0.15) is 0 Å². The predicted octanol–water partition coefficient (Wildman–Crippen LogP) is 3.99. The van der Waals surface area contributed by atoms with E-state index in [1.54, 1.807) is 12.1 Å². The molecule has 6 nitrogen and oxygen atoms in total. The van der Waals surface area contributed by atoms with Crippen molar-refractivity contribution in [1.82, 2.24) is 4.98 Å². The number of ketones is 1. The lowest BCUT2D eigenvalue weighted by Crippen LogP contribution is -2.30. The van der Waals surface area contributed by atoms with Gasteiger partial charge in [0.05, 0.1) is 24.3 Å². The van der Waals surface area contributed by atoms with Crippen molar-refractivity contribution in [2.75, 3.05) is 12.0 Å². The summed E-state index contributed by atoms with van der Waals surface area (Å²) in [5, 5.41) is 11.0. The molecule has 0 saturated carbocycles. The minimum Gasteiger partial charge on any atom is -0.507 e. The lowest BCUT2D eigenvalue weighted by atomic mass is 9.95. The summed E-state index contributed by atoms with van der Waals surface area (Å²) in [6, 6.07) is 12.3. The van der Waals surface area contributed by atoms with Crippen LogP contribution in [0.15, 0.2) is 72.4 Å². The number of hydrogen-bond acceptors (Lipinski definition) is 5. The fourth-order valence-corrected chi connectivity index (χ4v) is 3.54. The number of pyridine rings is 1. The normalized spacial score (nSPS) is 17.8. The van der Waals surface area contributed by atoms with Crippen LogP contribution in [-0.4, -0.2) is 28.9 Å². The van der Waals surface area contributed by atoms with Gasteiger partial charge >= 0.3 is 5.91 Å². The monoisotopic (exact) mass is 422 g/mol. The second-order valence-electron chi connectivity index (χ2n) is 6.75. The van der Waals surface area contributed by atoms with Gasteiger partial charge in [-0.3, -0.25) is 14.5 Å². The minimum absolute atomic E-state index is 0.0892. The summed E-state index contributed by atoms with van der Waals surface area (Å²) in [4.78, 5) is 31.2. The van der Waals surface area contributed by atoms with Gasteiger partial charge in [0.15, 0.2) is 0 Å². The molecule has 1 saturated heterocycles. The Morgan fingerprint density at radius 1 is 1.03 bits per heavy atom. The Morgan fingerprint density at radius 3 is 2.39 bits per heavy atom. The number of amides is 1. The zero-order chi connectivity index (χ0) is 22.1. The molecule has 1 amide bonds. The topological polar surface area (TPSA) is 79.7 Å². The Hall–Kier alpha value is -4.07. The molecule has 0 unspecified atom stereocenters. The predicted molar refractivity (Wildman–Crippen MR) is 108 cm³/mol. The molecule has 0 bridgehead atoms. The van der Waals surface area contributed by atoms with Gasteiger partial charge in [-0.25, -0.2) is 13.8 Å². The molecule has 1 fully saturated rings. The van der Waals surface area contributed by atoms with E-state index < -0.39 is 35.1 Å². The average Bonchev–Trinajstić information content (AvgIpc) is 3.05. The number of carbonyl (C=O) groups is 2. The highest BCUT2D eigenvalue weighted by Gasteiger charge is 2.47. The molecular weight excluding hydrogens is 406 g/mol. The van der Waals surface area contributed by atoms with E-state index in [-0.39, 0.29) is 22.7 Å². The van der Waals surface area contributed by atoms with Crippen LogP contribution in [0.25, 0.3) is 5.76 Å². The number of nitrogens with zero attached hydrogens (tertiary/aromatic N) is 2. The largest absolute Gasteiger partial charge is 0.507 e. The molecule has 31 heavy (non-hydrogen) atoms. The van der Waals surface area contributed by atoms with Crippen LogP contribution in [-0.2, 0) is 9.59 Å². The van der Waals surface area contributed by atoms with Crippen molar-refractivity contribution in [3.63, 3.8) is 0 Å². The third-order valence-corrected chi connectivity index (χ3v) is 4.94. The van der Waals surface area contributed by atoms with E-state index in [0.29, 0.717) is 5.56 Å². The molecule has 156 valence electrons. The first-order valence-corrected chi connectivity index (χ1v) is 9.23. The van der Waals surface area contributed by atoms with Crippen LogP contribution in [0.4, 0.5) is 14.6 Å². The fourth-order valence-electron chi connectivity index (χ4n) is 3.54. The number of rotatable bonds is 4. The third kappa shape index (κ3) is 3.52. The van der Waals surface area contributed by atoms with Crippen LogP contribution < -0.4 is 9.64 Å². The summed E-state index contributed by atoms with van der Waals surface area (Å²) in [5.74, 6) is -3.41. The second-order valence-corrected chi connectivity index (χ2v) is 6.75.